The van der Waals surface area contributed by atoms with Gasteiger partial charge in [0.25, 0.3) is 0 Å². The smallest absolute Gasteiger partial charge is 0.222 e. The summed E-state index contributed by atoms with van der Waals surface area (Å²) < 4.78 is 0. The van der Waals surface area contributed by atoms with E-state index >= 15 is 0 Å². The number of piperidine rings is 1. The van der Waals surface area contributed by atoms with Crippen LogP contribution in [-0.4, -0.2) is 24.4 Å². The van der Waals surface area contributed by atoms with E-state index in [1.54, 1.807) is 0 Å². The van der Waals surface area contributed by atoms with Crippen LogP contribution >= 0.6 is 0 Å². The number of aryl methyl sites for hydroxylation is 1. The Morgan fingerprint density at radius 2 is 2.07 bits per heavy atom. The minimum Gasteiger partial charge on any atom is -0.345 e. The third-order valence-corrected chi connectivity index (χ3v) is 3.25. The van der Waals surface area contributed by atoms with Gasteiger partial charge in [-0.25, -0.2) is 0 Å². The number of nitrogens with zero attached hydrogens (tertiary/aromatic N) is 1. The molecule has 15 heavy (non-hydrogen) atoms. The van der Waals surface area contributed by atoms with Gasteiger partial charge >= 0.3 is 0 Å². The third-order valence-electron chi connectivity index (χ3n) is 3.25. The van der Waals surface area contributed by atoms with Crippen LogP contribution in [0.4, 0.5) is 0 Å². The number of benzene rings is 1. The number of hydrogen-bond donors (Lipinski definition) is 0. The summed E-state index contributed by atoms with van der Waals surface area (Å²) in [5.74, 6) is 0.800. The summed E-state index contributed by atoms with van der Waals surface area (Å²) in [7, 11) is 1.90. The van der Waals surface area contributed by atoms with E-state index in [1.165, 1.54) is 11.1 Å². The van der Waals surface area contributed by atoms with Crippen LogP contribution in [0, 0.1) is 6.92 Å². The lowest BCUT2D eigenvalue weighted by Crippen LogP contribution is -2.35. The van der Waals surface area contributed by atoms with Gasteiger partial charge < -0.3 is 4.90 Å². The fraction of sp³-hybridized carbons (Fsp3) is 0.462. The second-order valence-corrected chi connectivity index (χ2v) is 4.37. The Bertz CT molecular complexity index is 373. The molecule has 1 heterocycles. The third kappa shape index (κ3) is 2.04. The van der Waals surface area contributed by atoms with Crippen molar-refractivity contribution in [2.75, 3.05) is 13.6 Å². The Hall–Kier alpha value is -1.31. The van der Waals surface area contributed by atoms with Crippen molar-refractivity contribution in [2.45, 2.75) is 25.7 Å². The van der Waals surface area contributed by atoms with Gasteiger partial charge in [0.15, 0.2) is 0 Å². The van der Waals surface area contributed by atoms with Gasteiger partial charge in [0.05, 0.1) is 0 Å². The van der Waals surface area contributed by atoms with Gasteiger partial charge in [-0.05, 0) is 24.5 Å². The lowest BCUT2D eigenvalue weighted by Gasteiger charge is -2.30. The standard InChI is InChI=1S/C13H17NO/c1-10-5-3-4-6-12(10)11-7-8-13(15)14(2)9-11/h3-6,11H,7-9H2,1-2H3. The minimum absolute atomic E-state index is 0.278. The molecular weight excluding hydrogens is 186 g/mol. The molecule has 0 aliphatic carbocycles. The van der Waals surface area contributed by atoms with Gasteiger partial charge in [0, 0.05) is 25.9 Å². The van der Waals surface area contributed by atoms with Crippen LogP contribution < -0.4 is 0 Å². The number of amides is 1. The lowest BCUT2D eigenvalue weighted by molar-refractivity contribution is -0.132. The summed E-state index contributed by atoms with van der Waals surface area (Å²) in [6, 6.07) is 8.48. The maximum atomic E-state index is 11.4. The number of likely N-dealkylation sites (N-methyl/N-ethyl adjacent to an activating group) is 1. The first kappa shape index (κ1) is 10.2. The van der Waals surface area contributed by atoms with Crippen LogP contribution in [0.3, 0.4) is 0 Å². The van der Waals surface area contributed by atoms with Gasteiger partial charge in [-0.3, -0.25) is 4.79 Å². The average Bonchev–Trinajstić information content (AvgIpc) is 2.23. The summed E-state index contributed by atoms with van der Waals surface area (Å²) in [5.41, 5.74) is 2.74. The second-order valence-electron chi connectivity index (χ2n) is 4.37. The van der Waals surface area contributed by atoms with E-state index in [1.807, 2.05) is 11.9 Å². The van der Waals surface area contributed by atoms with Crippen molar-refractivity contribution in [1.82, 2.24) is 4.90 Å². The summed E-state index contributed by atoms with van der Waals surface area (Å²) in [6.45, 7) is 3.01. The topological polar surface area (TPSA) is 20.3 Å². The Labute approximate surface area is 90.9 Å². The molecule has 1 aromatic rings. The molecule has 0 radical (unpaired) electrons. The highest BCUT2D eigenvalue weighted by Gasteiger charge is 2.24. The molecule has 1 atom stereocenters. The largest absolute Gasteiger partial charge is 0.345 e. The molecule has 1 aromatic carbocycles. The molecule has 2 nitrogen and oxygen atoms in total. The maximum Gasteiger partial charge on any atom is 0.222 e. The van der Waals surface area contributed by atoms with E-state index in [9.17, 15) is 4.79 Å². The van der Waals surface area contributed by atoms with Crippen molar-refractivity contribution < 1.29 is 4.79 Å². The fourth-order valence-electron chi connectivity index (χ4n) is 2.31. The Kier molecular flexibility index (Phi) is 2.76. The molecule has 80 valence electrons. The number of hydrogen-bond acceptors (Lipinski definition) is 1. The summed E-state index contributed by atoms with van der Waals surface area (Å²) in [6.07, 6.45) is 1.68. The first-order chi connectivity index (χ1) is 7.18. The maximum absolute atomic E-state index is 11.4. The molecular formula is C13H17NO. The first-order valence-electron chi connectivity index (χ1n) is 5.48. The van der Waals surface area contributed by atoms with Crippen LogP contribution in [0.25, 0.3) is 0 Å². The van der Waals surface area contributed by atoms with Gasteiger partial charge in [0.2, 0.25) is 5.91 Å². The predicted octanol–water partition coefficient (Wildman–Crippen LogP) is 2.33. The highest BCUT2D eigenvalue weighted by atomic mass is 16.2. The van der Waals surface area contributed by atoms with E-state index in [0.717, 1.165) is 13.0 Å². The molecule has 1 aliphatic rings. The van der Waals surface area contributed by atoms with Crippen LogP contribution in [-0.2, 0) is 4.79 Å². The number of carbonyl (C=O) groups is 1. The molecule has 0 bridgehead atoms. The van der Waals surface area contributed by atoms with Crippen molar-refractivity contribution in [2.24, 2.45) is 0 Å². The van der Waals surface area contributed by atoms with Crippen molar-refractivity contribution in [3.8, 4) is 0 Å². The normalized spacial score (nSPS) is 21.9. The van der Waals surface area contributed by atoms with Crippen LogP contribution in [0.2, 0.25) is 0 Å². The molecule has 0 N–H and O–H groups in total. The van der Waals surface area contributed by atoms with Gasteiger partial charge in [-0.1, -0.05) is 24.3 Å². The summed E-state index contributed by atoms with van der Waals surface area (Å²) in [4.78, 5) is 13.2. The molecule has 1 aliphatic heterocycles. The van der Waals surface area contributed by atoms with E-state index in [0.29, 0.717) is 12.3 Å². The highest BCUT2D eigenvalue weighted by molar-refractivity contribution is 5.76. The van der Waals surface area contributed by atoms with Crippen molar-refractivity contribution >= 4 is 5.91 Å². The Morgan fingerprint density at radius 1 is 1.33 bits per heavy atom. The Balaban J connectivity index is 2.19. The first-order valence-corrected chi connectivity index (χ1v) is 5.48. The molecule has 1 fully saturated rings. The SMILES string of the molecule is Cc1ccccc1C1CCC(=O)N(C)C1. The van der Waals surface area contributed by atoms with E-state index in [4.69, 9.17) is 0 Å². The fourth-order valence-corrected chi connectivity index (χ4v) is 2.31. The molecule has 0 spiro atoms. The molecule has 2 heteroatoms. The van der Waals surface area contributed by atoms with E-state index in [2.05, 4.69) is 31.2 Å². The molecule has 1 saturated heterocycles. The highest BCUT2D eigenvalue weighted by Crippen LogP contribution is 2.28. The molecule has 0 saturated carbocycles. The number of carbonyl (C=O) groups excluding carboxylic acids is 1. The summed E-state index contributed by atoms with van der Waals surface area (Å²) >= 11 is 0. The zero-order valence-electron chi connectivity index (χ0n) is 9.36. The van der Waals surface area contributed by atoms with Crippen molar-refractivity contribution in [1.29, 1.82) is 0 Å². The molecule has 0 aromatic heterocycles. The van der Waals surface area contributed by atoms with Crippen molar-refractivity contribution in [3.05, 3.63) is 35.4 Å². The Morgan fingerprint density at radius 3 is 2.73 bits per heavy atom. The number of likely N-dealkylation sites (tertiary alicyclic amines) is 1. The number of rotatable bonds is 1. The summed E-state index contributed by atoms with van der Waals surface area (Å²) in [5, 5.41) is 0. The van der Waals surface area contributed by atoms with Gasteiger partial charge in [-0.2, -0.15) is 0 Å². The zero-order valence-corrected chi connectivity index (χ0v) is 9.36. The lowest BCUT2D eigenvalue weighted by atomic mass is 9.88. The second kappa shape index (κ2) is 4.05. The molecule has 1 amide bonds. The van der Waals surface area contributed by atoms with Gasteiger partial charge in [-0.15, -0.1) is 0 Å². The predicted molar refractivity (Wildman–Crippen MR) is 60.8 cm³/mol. The molecule has 2 rings (SSSR count). The zero-order chi connectivity index (χ0) is 10.8. The average molecular weight is 203 g/mol. The van der Waals surface area contributed by atoms with Crippen LogP contribution in [0.1, 0.15) is 29.9 Å². The van der Waals surface area contributed by atoms with E-state index in [-0.39, 0.29) is 5.91 Å². The van der Waals surface area contributed by atoms with Crippen LogP contribution in [0.15, 0.2) is 24.3 Å². The molecule has 1 unspecified atom stereocenters. The minimum atomic E-state index is 0.278. The van der Waals surface area contributed by atoms with Crippen LogP contribution in [0.5, 0.6) is 0 Å². The van der Waals surface area contributed by atoms with Gasteiger partial charge in [0.1, 0.15) is 0 Å². The monoisotopic (exact) mass is 203 g/mol. The van der Waals surface area contributed by atoms with E-state index < -0.39 is 0 Å². The quantitative estimate of drug-likeness (QED) is 0.686. The van der Waals surface area contributed by atoms with Crippen molar-refractivity contribution in [3.63, 3.8) is 0 Å².